The van der Waals surface area contributed by atoms with Gasteiger partial charge >= 0.3 is 0 Å². The molecule has 3 rings (SSSR count). The van der Waals surface area contributed by atoms with Gasteiger partial charge in [-0.05, 0) is 72.9 Å². The molecule has 172 valence electrons. The number of amides is 1. The summed E-state index contributed by atoms with van der Waals surface area (Å²) in [7, 11) is 3.09. The maximum absolute atomic E-state index is 12.9. The second-order valence-corrected chi connectivity index (χ2v) is 8.51. The monoisotopic (exact) mass is 438 g/mol. The van der Waals surface area contributed by atoms with Gasteiger partial charge in [-0.15, -0.1) is 0 Å². The molecule has 1 aliphatic carbocycles. The Morgan fingerprint density at radius 2 is 1.81 bits per heavy atom. The molecule has 0 fully saturated rings. The summed E-state index contributed by atoms with van der Waals surface area (Å²) in [6.45, 7) is 5.32. The first-order chi connectivity index (χ1) is 15.5. The molecule has 2 aromatic rings. The van der Waals surface area contributed by atoms with Gasteiger partial charge in [-0.25, -0.2) is 0 Å². The molecule has 1 amide bonds. The number of oxime groups is 1. The fraction of sp³-hybridized carbons (Fsp3) is 0.462. The molecular formula is C26H34N2O4. The van der Waals surface area contributed by atoms with Gasteiger partial charge in [-0.2, -0.15) is 0 Å². The minimum absolute atomic E-state index is 0.244. The standard InChI is InChI=1S/C26H34N2O4/c1-18(2)17-32-23-12-9-19(15-24(23)30-3)13-14-27-26(29)25(28-31-4)22-11-10-20-7-5-6-8-21(20)16-22/h9-12,15-16,18H,5-8,13-14,17H2,1-4H3,(H,27,29). The molecule has 1 aliphatic rings. The topological polar surface area (TPSA) is 69.2 Å². The molecule has 0 unspecified atom stereocenters. The summed E-state index contributed by atoms with van der Waals surface area (Å²) >= 11 is 0. The molecule has 0 radical (unpaired) electrons. The maximum atomic E-state index is 12.9. The molecule has 0 bridgehead atoms. The number of nitrogens with zero attached hydrogens (tertiary/aromatic N) is 1. The number of fused-ring (bicyclic) bond motifs is 1. The van der Waals surface area contributed by atoms with Crippen molar-refractivity contribution in [2.45, 2.75) is 46.0 Å². The summed E-state index contributed by atoms with van der Waals surface area (Å²) in [6.07, 6.45) is 5.22. The van der Waals surface area contributed by atoms with Gasteiger partial charge in [0.15, 0.2) is 17.2 Å². The van der Waals surface area contributed by atoms with E-state index in [2.05, 4.69) is 36.5 Å². The van der Waals surface area contributed by atoms with Crippen molar-refractivity contribution in [1.29, 1.82) is 0 Å². The Morgan fingerprint density at radius 3 is 2.53 bits per heavy atom. The summed E-state index contributed by atoms with van der Waals surface area (Å²) in [4.78, 5) is 17.8. The maximum Gasteiger partial charge on any atom is 0.273 e. The summed E-state index contributed by atoms with van der Waals surface area (Å²) in [5.74, 6) is 1.63. The van der Waals surface area contributed by atoms with Crippen LogP contribution in [0.2, 0.25) is 0 Å². The van der Waals surface area contributed by atoms with Crippen LogP contribution >= 0.6 is 0 Å². The Kier molecular flexibility index (Phi) is 8.54. The van der Waals surface area contributed by atoms with Crippen LogP contribution in [-0.4, -0.2) is 39.0 Å². The predicted octanol–water partition coefficient (Wildman–Crippen LogP) is 4.32. The highest BCUT2D eigenvalue weighted by atomic mass is 16.6. The molecule has 0 atom stereocenters. The van der Waals surface area contributed by atoms with Crippen molar-refractivity contribution in [3.63, 3.8) is 0 Å². The third kappa shape index (κ3) is 6.25. The van der Waals surface area contributed by atoms with Crippen LogP contribution in [0, 0.1) is 5.92 Å². The molecule has 0 aliphatic heterocycles. The molecule has 2 aromatic carbocycles. The van der Waals surface area contributed by atoms with Gasteiger partial charge in [0.05, 0.1) is 13.7 Å². The molecule has 6 heteroatoms. The number of nitrogens with one attached hydrogen (secondary N) is 1. The molecule has 0 saturated carbocycles. The zero-order valence-electron chi connectivity index (χ0n) is 19.6. The minimum atomic E-state index is -0.244. The zero-order chi connectivity index (χ0) is 22.9. The van der Waals surface area contributed by atoms with Crippen LogP contribution in [0.1, 0.15) is 48.9 Å². The smallest absolute Gasteiger partial charge is 0.273 e. The number of benzene rings is 2. The molecular weight excluding hydrogens is 404 g/mol. The van der Waals surface area contributed by atoms with Gasteiger partial charge in [0, 0.05) is 12.1 Å². The van der Waals surface area contributed by atoms with E-state index in [1.165, 1.54) is 31.1 Å². The van der Waals surface area contributed by atoms with E-state index >= 15 is 0 Å². The lowest BCUT2D eigenvalue weighted by molar-refractivity contribution is -0.114. The molecule has 0 heterocycles. The van der Waals surface area contributed by atoms with E-state index in [9.17, 15) is 4.79 Å². The van der Waals surface area contributed by atoms with E-state index in [0.717, 1.165) is 29.7 Å². The number of aryl methyl sites for hydroxylation is 2. The number of rotatable bonds is 10. The normalized spacial score (nSPS) is 13.5. The first kappa shape index (κ1) is 23.6. The van der Waals surface area contributed by atoms with Crippen molar-refractivity contribution in [2.75, 3.05) is 27.4 Å². The fourth-order valence-electron chi connectivity index (χ4n) is 3.84. The lowest BCUT2D eigenvalue weighted by Crippen LogP contribution is -2.33. The number of ether oxygens (including phenoxy) is 2. The molecule has 6 nitrogen and oxygen atoms in total. The van der Waals surface area contributed by atoms with Crippen LogP contribution in [0.5, 0.6) is 11.5 Å². The second kappa shape index (κ2) is 11.6. The van der Waals surface area contributed by atoms with Crippen molar-refractivity contribution >= 4 is 11.6 Å². The van der Waals surface area contributed by atoms with Gasteiger partial charge in [0.2, 0.25) is 0 Å². The van der Waals surface area contributed by atoms with Crippen molar-refractivity contribution in [1.82, 2.24) is 5.32 Å². The Hall–Kier alpha value is -3.02. The van der Waals surface area contributed by atoms with E-state index < -0.39 is 0 Å². The molecule has 32 heavy (non-hydrogen) atoms. The largest absolute Gasteiger partial charge is 0.493 e. The van der Waals surface area contributed by atoms with E-state index in [1.807, 2.05) is 24.3 Å². The van der Waals surface area contributed by atoms with Crippen LogP contribution in [0.15, 0.2) is 41.6 Å². The van der Waals surface area contributed by atoms with Crippen molar-refractivity contribution in [3.05, 3.63) is 58.7 Å². The summed E-state index contributed by atoms with van der Waals surface area (Å²) in [5, 5.41) is 6.98. The van der Waals surface area contributed by atoms with Gasteiger partial charge in [-0.1, -0.05) is 37.2 Å². The van der Waals surface area contributed by atoms with Crippen LogP contribution in [0.4, 0.5) is 0 Å². The number of methoxy groups -OCH3 is 1. The lowest BCUT2D eigenvalue weighted by Gasteiger charge is -2.17. The van der Waals surface area contributed by atoms with Crippen molar-refractivity contribution < 1.29 is 19.1 Å². The Morgan fingerprint density at radius 1 is 1.03 bits per heavy atom. The van der Waals surface area contributed by atoms with Crippen LogP contribution in [0.25, 0.3) is 0 Å². The fourth-order valence-corrected chi connectivity index (χ4v) is 3.84. The highest BCUT2D eigenvalue weighted by Crippen LogP contribution is 2.28. The van der Waals surface area contributed by atoms with Crippen LogP contribution in [-0.2, 0) is 28.9 Å². The van der Waals surface area contributed by atoms with Crippen LogP contribution in [0.3, 0.4) is 0 Å². The number of hydrogen-bond acceptors (Lipinski definition) is 5. The Labute approximate surface area is 190 Å². The number of hydrogen-bond donors (Lipinski definition) is 1. The van der Waals surface area contributed by atoms with E-state index in [1.54, 1.807) is 7.11 Å². The van der Waals surface area contributed by atoms with E-state index in [-0.39, 0.29) is 5.91 Å². The van der Waals surface area contributed by atoms with Gasteiger partial charge in [-0.3, -0.25) is 4.79 Å². The number of carbonyl (C=O) groups excluding carboxylic acids is 1. The van der Waals surface area contributed by atoms with E-state index in [4.69, 9.17) is 14.3 Å². The molecule has 0 aromatic heterocycles. The summed E-state index contributed by atoms with van der Waals surface area (Å²) < 4.78 is 11.3. The highest BCUT2D eigenvalue weighted by Gasteiger charge is 2.18. The summed E-state index contributed by atoms with van der Waals surface area (Å²) in [6, 6.07) is 12.0. The zero-order valence-corrected chi connectivity index (χ0v) is 19.6. The molecule has 0 saturated heterocycles. The van der Waals surface area contributed by atoms with Gasteiger partial charge < -0.3 is 19.6 Å². The average molecular weight is 439 g/mol. The van der Waals surface area contributed by atoms with Crippen molar-refractivity contribution in [3.8, 4) is 11.5 Å². The van der Waals surface area contributed by atoms with Gasteiger partial charge in [0.25, 0.3) is 5.91 Å². The Balaban J connectivity index is 1.62. The number of carbonyl (C=O) groups is 1. The predicted molar refractivity (Wildman–Crippen MR) is 127 cm³/mol. The van der Waals surface area contributed by atoms with Crippen LogP contribution < -0.4 is 14.8 Å². The molecule has 1 N–H and O–H groups in total. The average Bonchev–Trinajstić information content (AvgIpc) is 2.81. The third-order valence-electron chi connectivity index (χ3n) is 5.52. The van der Waals surface area contributed by atoms with E-state index in [0.29, 0.717) is 37.0 Å². The van der Waals surface area contributed by atoms with Crippen molar-refractivity contribution in [2.24, 2.45) is 11.1 Å². The first-order valence-electron chi connectivity index (χ1n) is 11.3. The third-order valence-corrected chi connectivity index (χ3v) is 5.52. The Bertz CT molecular complexity index is 953. The minimum Gasteiger partial charge on any atom is -0.493 e. The highest BCUT2D eigenvalue weighted by molar-refractivity contribution is 6.45. The molecule has 0 spiro atoms. The van der Waals surface area contributed by atoms with Gasteiger partial charge in [0.1, 0.15) is 7.11 Å². The lowest BCUT2D eigenvalue weighted by atomic mass is 9.89. The quantitative estimate of drug-likeness (QED) is 0.443. The SMILES string of the molecule is CON=C(C(=O)NCCc1ccc(OCC(C)C)c(OC)c1)c1ccc2c(c1)CCCC2. The second-order valence-electron chi connectivity index (χ2n) is 8.51. The first-order valence-corrected chi connectivity index (χ1v) is 11.3. The summed E-state index contributed by atoms with van der Waals surface area (Å²) in [5.41, 5.74) is 4.82.